The number of carbonyl (C=O) groups excluding carboxylic acids is 1. The molecule has 0 spiro atoms. The topological polar surface area (TPSA) is 125 Å². The molecule has 1 heterocycles. The molecule has 3 unspecified atom stereocenters. The monoisotopic (exact) mass is 302 g/mol. The first-order chi connectivity index (χ1) is 9.79. The van der Waals surface area contributed by atoms with Gasteiger partial charge in [0.05, 0.1) is 25.9 Å². The van der Waals surface area contributed by atoms with Crippen molar-refractivity contribution in [2.75, 3.05) is 26.4 Å². The third kappa shape index (κ3) is 2.19. The maximum atomic E-state index is 12.7. The van der Waals surface area contributed by atoms with Crippen molar-refractivity contribution in [3.8, 4) is 0 Å². The average Bonchev–Trinajstić information content (AvgIpc) is 2.51. The van der Waals surface area contributed by atoms with E-state index in [2.05, 4.69) is 5.32 Å². The van der Waals surface area contributed by atoms with E-state index in [1.807, 2.05) is 13.8 Å². The SMILES string of the molecule is CC1(C)C2OCCCC2C1(N)C(=O)NC(CO)(CO)CO. The Labute approximate surface area is 124 Å². The first kappa shape index (κ1) is 16.6. The molecule has 0 aromatic carbocycles. The Hall–Kier alpha value is -0.730. The molecule has 0 radical (unpaired) electrons. The minimum absolute atomic E-state index is 0.0613. The molecule has 7 nitrogen and oxygen atoms in total. The number of carbonyl (C=O) groups is 1. The Morgan fingerprint density at radius 2 is 1.90 bits per heavy atom. The maximum Gasteiger partial charge on any atom is 0.241 e. The van der Waals surface area contributed by atoms with Crippen LogP contribution in [0.2, 0.25) is 0 Å². The summed E-state index contributed by atoms with van der Waals surface area (Å²) in [5.74, 6) is -0.550. The number of hydrogen-bond donors (Lipinski definition) is 5. The molecule has 1 aliphatic carbocycles. The molecule has 21 heavy (non-hydrogen) atoms. The number of nitrogens with one attached hydrogen (secondary N) is 1. The summed E-state index contributed by atoms with van der Waals surface area (Å²) >= 11 is 0. The van der Waals surface area contributed by atoms with Crippen molar-refractivity contribution in [3.05, 3.63) is 0 Å². The molecule has 1 amide bonds. The van der Waals surface area contributed by atoms with Gasteiger partial charge in [0, 0.05) is 17.9 Å². The Bertz CT molecular complexity index is 402. The minimum Gasteiger partial charge on any atom is -0.394 e. The van der Waals surface area contributed by atoms with Crippen molar-refractivity contribution in [3.63, 3.8) is 0 Å². The molecule has 2 fully saturated rings. The van der Waals surface area contributed by atoms with Crippen LogP contribution in [-0.4, -0.2) is 64.8 Å². The first-order valence-electron chi connectivity index (χ1n) is 7.35. The van der Waals surface area contributed by atoms with Gasteiger partial charge < -0.3 is 31.1 Å². The summed E-state index contributed by atoms with van der Waals surface area (Å²) in [5, 5.41) is 30.6. The van der Waals surface area contributed by atoms with Crippen LogP contribution in [0.5, 0.6) is 0 Å². The predicted molar refractivity (Wildman–Crippen MR) is 75.3 cm³/mol. The number of nitrogens with two attached hydrogens (primary N) is 1. The van der Waals surface area contributed by atoms with Gasteiger partial charge >= 0.3 is 0 Å². The number of ether oxygens (including phenoxy) is 1. The molecular formula is C14H26N2O5. The highest BCUT2D eigenvalue weighted by molar-refractivity contribution is 5.90. The Balaban J connectivity index is 2.21. The highest BCUT2D eigenvalue weighted by atomic mass is 16.5. The third-order valence-corrected chi connectivity index (χ3v) is 5.35. The van der Waals surface area contributed by atoms with E-state index >= 15 is 0 Å². The summed E-state index contributed by atoms with van der Waals surface area (Å²) in [6, 6.07) is 0. The predicted octanol–water partition coefficient (Wildman–Crippen LogP) is -1.65. The molecular weight excluding hydrogens is 276 g/mol. The number of rotatable bonds is 5. The van der Waals surface area contributed by atoms with Crippen LogP contribution >= 0.6 is 0 Å². The second kappa shape index (κ2) is 5.48. The number of aliphatic hydroxyl groups excluding tert-OH is 3. The quantitative estimate of drug-likeness (QED) is 0.414. The van der Waals surface area contributed by atoms with Gasteiger partial charge in [-0.05, 0) is 12.8 Å². The van der Waals surface area contributed by atoms with Crippen LogP contribution in [0.4, 0.5) is 0 Å². The van der Waals surface area contributed by atoms with Gasteiger partial charge in [-0.2, -0.15) is 0 Å². The lowest BCUT2D eigenvalue weighted by molar-refractivity contribution is -0.226. The molecule has 1 saturated heterocycles. The highest BCUT2D eigenvalue weighted by Gasteiger charge is 2.70. The van der Waals surface area contributed by atoms with Crippen molar-refractivity contribution < 1.29 is 24.9 Å². The van der Waals surface area contributed by atoms with Gasteiger partial charge in [-0.25, -0.2) is 0 Å². The van der Waals surface area contributed by atoms with Crippen molar-refractivity contribution >= 4 is 5.91 Å². The van der Waals surface area contributed by atoms with Crippen LogP contribution in [0.1, 0.15) is 26.7 Å². The van der Waals surface area contributed by atoms with Crippen molar-refractivity contribution in [1.82, 2.24) is 5.32 Å². The summed E-state index contributed by atoms with van der Waals surface area (Å²) < 4.78 is 5.74. The molecule has 7 heteroatoms. The van der Waals surface area contributed by atoms with E-state index in [1.54, 1.807) is 0 Å². The Morgan fingerprint density at radius 1 is 1.33 bits per heavy atom. The van der Waals surface area contributed by atoms with Crippen LogP contribution in [0.3, 0.4) is 0 Å². The summed E-state index contributed by atoms with van der Waals surface area (Å²) in [5.41, 5.74) is 3.27. The van der Waals surface area contributed by atoms with E-state index in [0.29, 0.717) is 6.61 Å². The highest BCUT2D eigenvalue weighted by Crippen LogP contribution is 2.57. The summed E-state index contributed by atoms with van der Waals surface area (Å²) in [6.45, 7) is 2.76. The molecule has 1 saturated carbocycles. The fourth-order valence-electron chi connectivity index (χ4n) is 3.65. The van der Waals surface area contributed by atoms with E-state index < -0.39 is 42.2 Å². The van der Waals surface area contributed by atoms with Crippen LogP contribution in [0.15, 0.2) is 0 Å². The van der Waals surface area contributed by atoms with Crippen LogP contribution in [-0.2, 0) is 9.53 Å². The van der Waals surface area contributed by atoms with Gasteiger partial charge in [0.25, 0.3) is 0 Å². The van der Waals surface area contributed by atoms with E-state index in [0.717, 1.165) is 12.8 Å². The lowest BCUT2D eigenvalue weighted by Gasteiger charge is -2.65. The van der Waals surface area contributed by atoms with Gasteiger partial charge in [0.1, 0.15) is 11.1 Å². The molecule has 2 aliphatic rings. The number of amides is 1. The normalized spacial score (nSPS) is 34.8. The van der Waals surface area contributed by atoms with E-state index in [4.69, 9.17) is 10.5 Å². The zero-order valence-corrected chi connectivity index (χ0v) is 12.6. The molecule has 6 N–H and O–H groups in total. The number of fused-ring (bicyclic) bond motifs is 1. The fourth-order valence-corrected chi connectivity index (χ4v) is 3.65. The lowest BCUT2D eigenvalue weighted by Crippen LogP contribution is -2.83. The van der Waals surface area contributed by atoms with Crippen LogP contribution in [0, 0.1) is 11.3 Å². The van der Waals surface area contributed by atoms with Crippen molar-refractivity contribution in [1.29, 1.82) is 0 Å². The standard InChI is InChI=1S/C14H26N2O5/c1-12(2)10-9(4-3-5-21-10)14(12,15)11(20)16-13(6-17,7-18)8-19/h9-10,17-19H,3-8,15H2,1-2H3,(H,16,20). The van der Waals surface area contributed by atoms with Crippen molar-refractivity contribution in [2.45, 2.75) is 43.9 Å². The average molecular weight is 302 g/mol. The van der Waals surface area contributed by atoms with Crippen LogP contribution < -0.4 is 11.1 Å². The van der Waals surface area contributed by atoms with E-state index in [9.17, 15) is 20.1 Å². The molecule has 1 aliphatic heterocycles. The Morgan fingerprint density at radius 3 is 2.43 bits per heavy atom. The molecule has 0 bridgehead atoms. The van der Waals surface area contributed by atoms with E-state index in [1.165, 1.54) is 0 Å². The van der Waals surface area contributed by atoms with Gasteiger partial charge in [0.15, 0.2) is 0 Å². The largest absolute Gasteiger partial charge is 0.394 e. The smallest absolute Gasteiger partial charge is 0.241 e. The molecule has 0 aromatic heterocycles. The van der Waals surface area contributed by atoms with Crippen LogP contribution in [0.25, 0.3) is 0 Å². The minimum atomic E-state index is -1.46. The van der Waals surface area contributed by atoms with Gasteiger partial charge in [0.2, 0.25) is 5.91 Å². The van der Waals surface area contributed by atoms with E-state index in [-0.39, 0.29) is 12.0 Å². The second-order valence-electron chi connectivity index (χ2n) is 6.84. The summed E-state index contributed by atoms with van der Waals surface area (Å²) in [4.78, 5) is 12.7. The summed E-state index contributed by atoms with van der Waals surface area (Å²) in [7, 11) is 0. The molecule has 3 atom stereocenters. The van der Waals surface area contributed by atoms with Crippen molar-refractivity contribution in [2.24, 2.45) is 17.1 Å². The van der Waals surface area contributed by atoms with Gasteiger partial charge in [-0.1, -0.05) is 13.8 Å². The fraction of sp³-hybridized carbons (Fsp3) is 0.929. The van der Waals surface area contributed by atoms with Gasteiger partial charge in [-0.3, -0.25) is 4.79 Å². The molecule has 122 valence electrons. The molecule has 0 aromatic rings. The maximum absolute atomic E-state index is 12.7. The number of hydrogen-bond acceptors (Lipinski definition) is 6. The zero-order chi connectivity index (χ0) is 15.9. The zero-order valence-electron chi connectivity index (χ0n) is 12.6. The lowest BCUT2D eigenvalue weighted by atomic mass is 9.46. The second-order valence-corrected chi connectivity index (χ2v) is 6.84. The third-order valence-electron chi connectivity index (χ3n) is 5.35. The first-order valence-corrected chi connectivity index (χ1v) is 7.35. The summed E-state index contributed by atoms with van der Waals surface area (Å²) in [6.07, 6.45) is 1.60. The van der Waals surface area contributed by atoms with Gasteiger partial charge in [-0.15, -0.1) is 0 Å². The Kier molecular flexibility index (Phi) is 4.34. The molecule has 2 rings (SSSR count). The number of aliphatic hydroxyl groups is 3.